The van der Waals surface area contributed by atoms with Crippen LogP contribution >= 0.6 is 11.3 Å². The largest absolute Gasteiger partial charge is 0.372 e. The van der Waals surface area contributed by atoms with Crippen LogP contribution < -0.4 is 0 Å². The van der Waals surface area contributed by atoms with Crippen LogP contribution in [0, 0.1) is 11.3 Å². The Kier molecular flexibility index (Phi) is 3.87. The summed E-state index contributed by atoms with van der Waals surface area (Å²) < 4.78 is 5.38. The summed E-state index contributed by atoms with van der Waals surface area (Å²) in [7, 11) is 0. The molecule has 70 valence electrons. The van der Waals surface area contributed by atoms with Crippen molar-refractivity contribution < 1.29 is 4.74 Å². The van der Waals surface area contributed by atoms with Crippen molar-refractivity contribution >= 4 is 11.3 Å². The van der Waals surface area contributed by atoms with Gasteiger partial charge in [0.05, 0.1) is 18.2 Å². The van der Waals surface area contributed by atoms with E-state index in [9.17, 15) is 0 Å². The Hall–Kier alpha value is -0.920. The van der Waals surface area contributed by atoms with Gasteiger partial charge in [-0.25, -0.2) is 4.98 Å². The summed E-state index contributed by atoms with van der Waals surface area (Å²) in [5.74, 6) is 0. The molecule has 1 aromatic rings. The van der Waals surface area contributed by atoms with E-state index in [4.69, 9.17) is 10.00 Å². The highest BCUT2D eigenvalue weighted by Gasteiger charge is 2.09. The van der Waals surface area contributed by atoms with E-state index in [1.807, 2.05) is 19.2 Å². The zero-order chi connectivity index (χ0) is 9.68. The molecule has 0 aliphatic heterocycles. The summed E-state index contributed by atoms with van der Waals surface area (Å²) >= 11 is 1.55. The van der Waals surface area contributed by atoms with Gasteiger partial charge in [0.2, 0.25) is 0 Å². The lowest BCUT2D eigenvalue weighted by molar-refractivity contribution is 0.0761. The summed E-state index contributed by atoms with van der Waals surface area (Å²) in [5, 5.41) is 11.3. The molecular formula is C9H12N2OS. The molecule has 0 aliphatic carbocycles. The van der Waals surface area contributed by atoms with Gasteiger partial charge in [0, 0.05) is 12.0 Å². The topological polar surface area (TPSA) is 45.9 Å². The summed E-state index contributed by atoms with van der Waals surface area (Å²) in [4.78, 5) is 4.29. The number of rotatable bonds is 4. The molecule has 0 saturated carbocycles. The predicted molar refractivity (Wildman–Crippen MR) is 51.5 cm³/mol. The monoisotopic (exact) mass is 196 g/mol. The summed E-state index contributed by atoms with van der Waals surface area (Å²) in [6, 6.07) is 2.07. The van der Waals surface area contributed by atoms with E-state index in [2.05, 4.69) is 11.1 Å². The number of hydrogen-bond donors (Lipinski definition) is 0. The maximum Gasteiger partial charge on any atom is 0.122 e. The Bertz CT molecular complexity index is 303. The van der Waals surface area contributed by atoms with Gasteiger partial charge in [0.15, 0.2) is 0 Å². The van der Waals surface area contributed by atoms with Crippen LogP contribution in [0.1, 0.15) is 30.7 Å². The van der Waals surface area contributed by atoms with Crippen molar-refractivity contribution in [2.24, 2.45) is 0 Å². The van der Waals surface area contributed by atoms with Gasteiger partial charge in [0.1, 0.15) is 11.1 Å². The van der Waals surface area contributed by atoms with Crippen molar-refractivity contribution in [3.8, 4) is 6.07 Å². The van der Waals surface area contributed by atoms with Crippen LogP contribution in [0.2, 0.25) is 0 Å². The number of thiazole rings is 1. The van der Waals surface area contributed by atoms with Gasteiger partial charge >= 0.3 is 0 Å². The number of hydrogen-bond acceptors (Lipinski definition) is 4. The highest BCUT2D eigenvalue weighted by molar-refractivity contribution is 7.09. The SMILES string of the molecule is CCO[C@@H](C)c1nc(CC#N)cs1. The maximum atomic E-state index is 8.45. The highest BCUT2D eigenvalue weighted by atomic mass is 32.1. The molecule has 0 bridgehead atoms. The molecule has 0 saturated heterocycles. The maximum absolute atomic E-state index is 8.45. The molecule has 0 amide bonds. The second-order valence-electron chi connectivity index (χ2n) is 2.61. The van der Waals surface area contributed by atoms with Crippen molar-refractivity contribution in [1.29, 1.82) is 5.26 Å². The van der Waals surface area contributed by atoms with Crippen molar-refractivity contribution in [3.63, 3.8) is 0 Å². The van der Waals surface area contributed by atoms with Gasteiger partial charge in [-0.15, -0.1) is 11.3 Å². The minimum absolute atomic E-state index is 0.0439. The molecule has 0 fully saturated rings. The molecule has 0 spiro atoms. The van der Waals surface area contributed by atoms with Crippen molar-refractivity contribution in [2.45, 2.75) is 26.4 Å². The van der Waals surface area contributed by atoms with Gasteiger partial charge < -0.3 is 4.74 Å². The third-order valence-electron chi connectivity index (χ3n) is 1.59. The second-order valence-corrected chi connectivity index (χ2v) is 3.50. The highest BCUT2D eigenvalue weighted by Crippen LogP contribution is 2.20. The first-order valence-electron chi connectivity index (χ1n) is 4.20. The molecule has 1 rings (SSSR count). The Labute approximate surface area is 82.0 Å². The van der Waals surface area contributed by atoms with Crippen LogP contribution in [-0.4, -0.2) is 11.6 Å². The van der Waals surface area contributed by atoms with Crippen LogP contribution in [0.15, 0.2) is 5.38 Å². The van der Waals surface area contributed by atoms with E-state index in [0.29, 0.717) is 13.0 Å². The average molecular weight is 196 g/mol. The first-order chi connectivity index (χ1) is 6.27. The van der Waals surface area contributed by atoms with Gasteiger partial charge in [-0.2, -0.15) is 5.26 Å². The van der Waals surface area contributed by atoms with Gasteiger partial charge in [-0.1, -0.05) is 0 Å². The molecule has 13 heavy (non-hydrogen) atoms. The summed E-state index contributed by atoms with van der Waals surface area (Å²) in [5.41, 5.74) is 0.842. The zero-order valence-electron chi connectivity index (χ0n) is 7.78. The third kappa shape index (κ3) is 2.79. The van der Waals surface area contributed by atoms with Crippen molar-refractivity contribution in [1.82, 2.24) is 4.98 Å². The van der Waals surface area contributed by atoms with E-state index >= 15 is 0 Å². The quantitative estimate of drug-likeness (QED) is 0.742. The molecule has 0 aliphatic rings. The fourth-order valence-electron chi connectivity index (χ4n) is 0.993. The Balaban J connectivity index is 2.63. The molecule has 0 radical (unpaired) electrons. The predicted octanol–water partition coefficient (Wildman–Crippen LogP) is 2.31. The molecular weight excluding hydrogens is 184 g/mol. The molecule has 1 aromatic heterocycles. The number of nitriles is 1. The Morgan fingerprint density at radius 1 is 1.77 bits per heavy atom. The van der Waals surface area contributed by atoms with E-state index in [-0.39, 0.29) is 6.10 Å². The zero-order valence-corrected chi connectivity index (χ0v) is 8.60. The number of aromatic nitrogens is 1. The lowest BCUT2D eigenvalue weighted by Gasteiger charge is -2.06. The smallest absolute Gasteiger partial charge is 0.122 e. The van der Waals surface area contributed by atoms with E-state index in [1.54, 1.807) is 11.3 Å². The summed E-state index contributed by atoms with van der Waals surface area (Å²) in [6.07, 6.45) is 0.428. The molecule has 0 unspecified atom stereocenters. The fraction of sp³-hybridized carbons (Fsp3) is 0.556. The van der Waals surface area contributed by atoms with Crippen molar-refractivity contribution in [2.75, 3.05) is 6.61 Å². The van der Waals surface area contributed by atoms with Crippen LogP contribution in [-0.2, 0) is 11.2 Å². The van der Waals surface area contributed by atoms with Crippen LogP contribution in [0.5, 0.6) is 0 Å². The third-order valence-corrected chi connectivity index (χ3v) is 2.65. The van der Waals surface area contributed by atoms with Gasteiger partial charge in [-0.05, 0) is 13.8 Å². The first kappa shape index (κ1) is 10.2. The average Bonchev–Trinajstić information content (AvgIpc) is 2.54. The fourth-order valence-corrected chi connectivity index (χ4v) is 1.82. The first-order valence-corrected chi connectivity index (χ1v) is 5.08. The molecule has 0 aromatic carbocycles. The van der Waals surface area contributed by atoms with Crippen LogP contribution in [0.25, 0.3) is 0 Å². The normalized spacial score (nSPS) is 12.4. The number of ether oxygens (including phenoxy) is 1. The minimum atomic E-state index is 0.0439. The molecule has 4 heteroatoms. The standard InChI is InChI=1S/C9H12N2OS/c1-3-12-7(2)9-11-8(4-5-10)6-13-9/h6-7H,3-4H2,1-2H3/t7-/m0/s1. The number of nitrogens with zero attached hydrogens (tertiary/aromatic N) is 2. The lowest BCUT2D eigenvalue weighted by atomic mass is 10.3. The Morgan fingerprint density at radius 3 is 3.15 bits per heavy atom. The van der Waals surface area contributed by atoms with Crippen LogP contribution in [0.4, 0.5) is 0 Å². The Morgan fingerprint density at radius 2 is 2.54 bits per heavy atom. The lowest BCUT2D eigenvalue weighted by Crippen LogP contribution is -1.98. The van der Waals surface area contributed by atoms with Crippen LogP contribution in [0.3, 0.4) is 0 Å². The van der Waals surface area contributed by atoms with E-state index in [0.717, 1.165) is 10.7 Å². The summed E-state index contributed by atoms with van der Waals surface area (Å²) in [6.45, 7) is 4.62. The molecule has 3 nitrogen and oxygen atoms in total. The molecule has 0 N–H and O–H groups in total. The van der Waals surface area contributed by atoms with E-state index < -0.39 is 0 Å². The second kappa shape index (κ2) is 4.95. The van der Waals surface area contributed by atoms with Gasteiger partial charge in [0.25, 0.3) is 0 Å². The van der Waals surface area contributed by atoms with Gasteiger partial charge in [-0.3, -0.25) is 0 Å². The molecule has 1 heterocycles. The van der Waals surface area contributed by atoms with Crippen molar-refractivity contribution in [3.05, 3.63) is 16.1 Å². The minimum Gasteiger partial charge on any atom is -0.372 e. The van der Waals surface area contributed by atoms with E-state index in [1.165, 1.54) is 0 Å². The molecule has 1 atom stereocenters.